The van der Waals surface area contributed by atoms with Crippen LogP contribution in [-0.2, 0) is 6.54 Å². The topological polar surface area (TPSA) is 51.0 Å². The molecule has 2 aromatic heterocycles. The van der Waals surface area contributed by atoms with E-state index in [1.54, 1.807) is 28.0 Å². The number of nitrogens with zero attached hydrogens (tertiary/aromatic N) is 4. The number of thiazole rings is 1. The number of amides is 1. The zero-order valence-corrected chi connectivity index (χ0v) is 18.3. The summed E-state index contributed by atoms with van der Waals surface area (Å²) in [7, 11) is 0. The summed E-state index contributed by atoms with van der Waals surface area (Å²) < 4.78 is 3.02. The molecule has 29 heavy (non-hydrogen) atoms. The van der Waals surface area contributed by atoms with Crippen LogP contribution >= 0.6 is 23.1 Å². The van der Waals surface area contributed by atoms with Crippen molar-refractivity contribution in [2.24, 2.45) is 0 Å². The normalized spacial score (nSPS) is 11.1. The Labute approximate surface area is 178 Å². The molecule has 0 fully saturated rings. The standard InChI is InChI=1S/C22H22N4OS2/c1-15-14-16(2)26(24-15)13-12-25(21(27)17-8-10-18(28-3)11-9-17)22-23-19-6-4-5-7-20(19)29-22/h4-11,14H,12-13H2,1-3H3. The number of anilines is 1. The predicted molar refractivity (Wildman–Crippen MR) is 121 cm³/mol. The molecule has 2 aromatic carbocycles. The number of aromatic nitrogens is 3. The van der Waals surface area contributed by atoms with Gasteiger partial charge in [0.2, 0.25) is 0 Å². The van der Waals surface area contributed by atoms with Gasteiger partial charge in [0.1, 0.15) is 0 Å². The molecule has 2 heterocycles. The summed E-state index contributed by atoms with van der Waals surface area (Å²) in [5.74, 6) is -0.0433. The Morgan fingerprint density at radius 1 is 1.14 bits per heavy atom. The van der Waals surface area contributed by atoms with E-state index in [-0.39, 0.29) is 5.91 Å². The summed E-state index contributed by atoms with van der Waals surface area (Å²) in [6.45, 7) is 5.13. The molecule has 5 nitrogen and oxygen atoms in total. The van der Waals surface area contributed by atoms with Crippen molar-refractivity contribution in [3.8, 4) is 0 Å². The number of carbonyl (C=O) groups is 1. The molecule has 0 atom stereocenters. The summed E-state index contributed by atoms with van der Waals surface area (Å²) in [6, 6.07) is 17.8. The Kier molecular flexibility index (Phi) is 5.69. The van der Waals surface area contributed by atoms with Gasteiger partial charge in [-0.15, -0.1) is 11.8 Å². The van der Waals surface area contributed by atoms with Crippen LogP contribution in [0.15, 0.2) is 59.5 Å². The molecular formula is C22H22N4OS2. The van der Waals surface area contributed by atoms with Crippen LogP contribution in [-0.4, -0.2) is 33.5 Å². The van der Waals surface area contributed by atoms with Crippen molar-refractivity contribution in [2.45, 2.75) is 25.3 Å². The van der Waals surface area contributed by atoms with Crippen molar-refractivity contribution in [3.05, 3.63) is 71.5 Å². The number of benzene rings is 2. The van der Waals surface area contributed by atoms with Crippen LogP contribution in [0.25, 0.3) is 10.2 Å². The molecule has 0 aliphatic rings. The summed E-state index contributed by atoms with van der Waals surface area (Å²) in [4.78, 5) is 21.0. The van der Waals surface area contributed by atoms with E-state index in [9.17, 15) is 4.79 Å². The highest BCUT2D eigenvalue weighted by Crippen LogP contribution is 2.30. The van der Waals surface area contributed by atoms with Gasteiger partial charge in [0.05, 0.1) is 22.5 Å². The first-order valence-electron chi connectivity index (χ1n) is 9.37. The molecule has 0 N–H and O–H groups in total. The van der Waals surface area contributed by atoms with Crippen LogP contribution in [0.4, 0.5) is 5.13 Å². The Morgan fingerprint density at radius 2 is 1.90 bits per heavy atom. The lowest BCUT2D eigenvalue weighted by atomic mass is 10.2. The van der Waals surface area contributed by atoms with Gasteiger partial charge in [0.15, 0.2) is 5.13 Å². The van der Waals surface area contributed by atoms with Crippen molar-refractivity contribution in [1.29, 1.82) is 0 Å². The number of para-hydroxylation sites is 1. The molecule has 7 heteroatoms. The zero-order valence-electron chi connectivity index (χ0n) is 16.6. The third-order valence-corrected chi connectivity index (χ3v) is 6.54. The number of rotatable bonds is 6. The summed E-state index contributed by atoms with van der Waals surface area (Å²) in [6.07, 6.45) is 2.03. The Bertz CT molecular complexity index is 1110. The first kappa shape index (κ1) is 19.7. The van der Waals surface area contributed by atoms with E-state index in [0.29, 0.717) is 23.8 Å². The van der Waals surface area contributed by atoms with Crippen LogP contribution in [0.5, 0.6) is 0 Å². The van der Waals surface area contributed by atoms with Crippen LogP contribution in [0.2, 0.25) is 0 Å². The van der Waals surface area contributed by atoms with Crippen LogP contribution in [0.3, 0.4) is 0 Å². The number of fused-ring (bicyclic) bond motifs is 1. The van der Waals surface area contributed by atoms with Crippen LogP contribution in [0, 0.1) is 13.8 Å². The Balaban J connectivity index is 1.67. The summed E-state index contributed by atoms with van der Waals surface area (Å²) >= 11 is 3.20. The third kappa shape index (κ3) is 4.21. The highest BCUT2D eigenvalue weighted by Gasteiger charge is 2.21. The highest BCUT2D eigenvalue weighted by atomic mass is 32.2. The zero-order chi connectivity index (χ0) is 20.4. The molecule has 148 valence electrons. The molecule has 0 bridgehead atoms. The maximum atomic E-state index is 13.4. The van der Waals surface area contributed by atoms with E-state index in [4.69, 9.17) is 4.98 Å². The first-order chi connectivity index (χ1) is 14.0. The quantitative estimate of drug-likeness (QED) is 0.402. The van der Waals surface area contributed by atoms with E-state index >= 15 is 0 Å². The second kappa shape index (κ2) is 8.39. The Morgan fingerprint density at radius 3 is 2.55 bits per heavy atom. The SMILES string of the molecule is CSc1ccc(C(=O)N(CCn2nc(C)cc2C)c2nc3ccccc3s2)cc1. The first-order valence-corrected chi connectivity index (χ1v) is 11.4. The van der Waals surface area contributed by atoms with Gasteiger partial charge in [-0.3, -0.25) is 14.4 Å². The number of aryl methyl sites for hydroxylation is 2. The van der Waals surface area contributed by atoms with Gasteiger partial charge in [-0.25, -0.2) is 4.98 Å². The van der Waals surface area contributed by atoms with Gasteiger partial charge in [-0.05, 0) is 62.6 Å². The van der Waals surface area contributed by atoms with E-state index < -0.39 is 0 Å². The molecule has 0 unspecified atom stereocenters. The lowest BCUT2D eigenvalue weighted by Crippen LogP contribution is -2.34. The van der Waals surface area contributed by atoms with Crippen molar-refractivity contribution in [1.82, 2.24) is 14.8 Å². The third-order valence-electron chi connectivity index (χ3n) is 4.73. The summed E-state index contributed by atoms with van der Waals surface area (Å²) in [5.41, 5.74) is 3.64. The number of thioether (sulfide) groups is 1. The van der Waals surface area contributed by atoms with E-state index in [1.165, 1.54) is 0 Å². The lowest BCUT2D eigenvalue weighted by molar-refractivity contribution is 0.0985. The second-order valence-corrected chi connectivity index (χ2v) is 8.69. The predicted octanol–water partition coefficient (Wildman–Crippen LogP) is 5.18. The van der Waals surface area contributed by atoms with Gasteiger partial charge in [0, 0.05) is 22.7 Å². The van der Waals surface area contributed by atoms with Crippen molar-refractivity contribution < 1.29 is 4.79 Å². The molecule has 0 spiro atoms. The van der Waals surface area contributed by atoms with Gasteiger partial charge in [-0.1, -0.05) is 23.5 Å². The molecular weight excluding hydrogens is 400 g/mol. The second-order valence-electron chi connectivity index (χ2n) is 6.80. The van der Waals surface area contributed by atoms with Crippen LogP contribution in [0.1, 0.15) is 21.7 Å². The number of hydrogen-bond donors (Lipinski definition) is 0. The smallest absolute Gasteiger partial charge is 0.260 e. The lowest BCUT2D eigenvalue weighted by Gasteiger charge is -2.20. The largest absolute Gasteiger partial charge is 0.282 e. The van der Waals surface area contributed by atoms with Crippen molar-refractivity contribution in [3.63, 3.8) is 0 Å². The fraction of sp³-hybridized carbons (Fsp3) is 0.227. The highest BCUT2D eigenvalue weighted by molar-refractivity contribution is 7.98. The van der Waals surface area contributed by atoms with E-state index in [0.717, 1.165) is 26.5 Å². The molecule has 4 rings (SSSR count). The van der Waals surface area contributed by atoms with Crippen molar-refractivity contribution >= 4 is 44.4 Å². The summed E-state index contributed by atoms with van der Waals surface area (Å²) in [5, 5.41) is 5.25. The van der Waals surface area contributed by atoms with Crippen molar-refractivity contribution in [2.75, 3.05) is 17.7 Å². The molecule has 0 saturated heterocycles. The maximum Gasteiger partial charge on any atom is 0.260 e. The minimum atomic E-state index is -0.0433. The molecule has 0 radical (unpaired) electrons. The van der Waals surface area contributed by atoms with Crippen LogP contribution < -0.4 is 4.90 Å². The van der Waals surface area contributed by atoms with Gasteiger partial charge in [0.25, 0.3) is 5.91 Å². The van der Waals surface area contributed by atoms with Gasteiger partial charge in [-0.2, -0.15) is 5.10 Å². The van der Waals surface area contributed by atoms with Gasteiger partial charge < -0.3 is 0 Å². The maximum absolute atomic E-state index is 13.4. The van der Waals surface area contributed by atoms with E-state index in [2.05, 4.69) is 5.10 Å². The minimum Gasteiger partial charge on any atom is -0.282 e. The molecule has 0 saturated carbocycles. The molecule has 0 aliphatic heterocycles. The minimum absolute atomic E-state index is 0.0433. The molecule has 1 amide bonds. The monoisotopic (exact) mass is 422 g/mol. The Hall–Kier alpha value is -2.64. The van der Waals surface area contributed by atoms with E-state index in [1.807, 2.05) is 79.4 Å². The average Bonchev–Trinajstić information content (AvgIpc) is 3.30. The fourth-order valence-corrected chi connectivity index (χ4v) is 4.64. The fourth-order valence-electron chi connectivity index (χ4n) is 3.25. The molecule has 4 aromatic rings. The average molecular weight is 423 g/mol. The molecule has 0 aliphatic carbocycles. The number of carbonyl (C=O) groups excluding carboxylic acids is 1. The van der Waals surface area contributed by atoms with Gasteiger partial charge >= 0.3 is 0 Å². The number of hydrogen-bond acceptors (Lipinski definition) is 5.